The second-order valence-corrected chi connectivity index (χ2v) is 6.91. The minimum absolute atomic E-state index is 0. The number of aliphatic imine (C=N–C) groups is 1. The van der Waals surface area contributed by atoms with Gasteiger partial charge in [0.05, 0.1) is 6.61 Å². The van der Waals surface area contributed by atoms with E-state index >= 15 is 0 Å². The number of ether oxygens (including phenoxy) is 2. The Bertz CT molecular complexity index is 551. The summed E-state index contributed by atoms with van der Waals surface area (Å²) in [7, 11) is 3.50. The highest BCUT2D eigenvalue weighted by molar-refractivity contribution is 14.0. The van der Waals surface area contributed by atoms with Gasteiger partial charge in [0, 0.05) is 52.0 Å². The van der Waals surface area contributed by atoms with Crippen molar-refractivity contribution >= 4 is 35.6 Å². The van der Waals surface area contributed by atoms with E-state index in [1.165, 1.54) is 25.9 Å². The summed E-state index contributed by atoms with van der Waals surface area (Å²) in [4.78, 5) is 6.88. The maximum atomic E-state index is 5.75. The standard InChI is InChI=1S/C20H34N4O2.HI/c1-17(16-24-10-4-5-11-24)15-22-20(21-2)23-18-8-6-9-19(14-18)26-13-7-12-25-3;/h6,8-9,14,17H,4-5,7,10-13,15-16H2,1-3H3,(H2,21,22,23);1H. The Labute approximate surface area is 181 Å². The van der Waals surface area contributed by atoms with Crippen molar-refractivity contribution in [2.75, 3.05) is 58.9 Å². The number of nitrogens with zero attached hydrogens (tertiary/aromatic N) is 2. The number of benzene rings is 1. The Morgan fingerprint density at radius 1 is 1.26 bits per heavy atom. The second-order valence-electron chi connectivity index (χ2n) is 6.91. The van der Waals surface area contributed by atoms with E-state index in [2.05, 4.69) is 27.4 Å². The van der Waals surface area contributed by atoms with Gasteiger partial charge in [-0.3, -0.25) is 4.99 Å². The first-order valence-corrected chi connectivity index (χ1v) is 9.63. The lowest BCUT2D eigenvalue weighted by Gasteiger charge is -2.21. The predicted molar refractivity (Wildman–Crippen MR) is 124 cm³/mol. The molecule has 1 fully saturated rings. The van der Waals surface area contributed by atoms with E-state index in [4.69, 9.17) is 9.47 Å². The van der Waals surface area contributed by atoms with Gasteiger partial charge in [0.2, 0.25) is 0 Å². The SMILES string of the molecule is CN=C(NCC(C)CN1CCCC1)Nc1cccc(OCCCOC)c1.I. The molecule has 0 bridgehead atoms. The fourth-order valence-corrected chi connectivity index (χ4v) is 3.11. The number of hydrogen-bond donors (Lipinski definition) is 2. The zero-order valence-corrected chi connectivity index (χ0v) is 19.2. The van der Waals surface area contributed by atoms with E-state index in [0.29, 0.717) is 19.1 Å². The molecule has 0 amide bonds. The average Bonchev–Trinajstić information content (AvgIpc) is 3.15. The van der Waals surface area contributed by atoms with Crippen LogP contribution in [0.2, 0.25) is 0 Å². The molecule has 6 nitrogen and oxygen atoms in total. The molecular weight excluding hydrogens is 455 g/mol. The molecule has 1 heterocycles. The van der Waals surface area contributed by atoms with E-state index < -0.39 is 0 Å². The molecule has 0 radical (unpaired) electrons. The van der Waals surface area contributed by atoms with Gasteiger partial charge in [-0.15, -0.1) is 24.0 Å². The maximum absolute atomic E-state index is 5.75. The minimum atomic E-state index is 0. The first kappa shape index (κ1) is 24.0. The first-order valence-electron chi connectivity index (χ1n) is 9.63. The number of likely N-dealkylation sites (tertiary alicyclic amines) is 1. The monoisotopic (exact) mass is 490 g/mol. The molecule has 154 valence electrons. The van der Waals surface area contributed by atoms with Crippen molar-refractivity contribution in [2.45, 2.75) is 26.2 Å². The largest absolute Gasteiger partial charge is 0.493 e. The lowest BCUT2D eigenvalue weighted by Crippen LogP contribution is -2.37. The van der Waals surface area contributed by atoms with Crippen LogP contribution in [0.25, 0.3) is 0 Å². The van der Waals surface area contributed by atoms with Crippen molar-refractivity contribution in [3.8, 4) is 5.75 Å². The normalized spacial score (nSPS) is 15.9. The first-order chi connectivity index (χ1) is 12.7. The lowest BCUT2D eigenvalue weighted by atomic mass is 10.1. The van der Waals surface area contributed by atoms with Gasteiger partial charge in [-0.2, -0.15) is 0 Å². The minimum Gasteiger partial charge on any atom is -0.493 e. The van der Waals surface area contributed by atoms with Gasteiger partial charge in [0.15, 0.2) is 5.96 Å². The highest BCUT2D eigenvalue weighted by atomic mass is 127. The molecule has 0 aromatic heterocycles. The van der Waals surface area contributed by atoms with Crippen LogP contribution in [0.5, 0.6) is 5.75 Å². The van der Waals surface area contributed by atoms with E-state index in [0.717, 1.165) is 36.9 Å². The molecule has 1 saturated heterocycles. The van der Waals surface area contributed by atoms with Crippen LogP contribution >= 0.6 is 24.0 Å². The van der Waals surface area contributed by atoms with Crippen LogP contribution < -0.4 is 15.4 Å². The number of anilines is 1. The van der Waals surface area contributed by atoms with E-state index in [1.54, 1.807) is 14.2 Å². The van der Waals surface area contributed by atoms with Gasteiger partial charge in [-0.05, 0) is 44.0 Å². The Hall–Kier alpha value is -1.06. The molecule has 1 aromatic rings. The zero-order chi connectivity index (χ0) is 18.6. The summed E-state index contributed by atoms with van der Waals surface area (Å²) in [5.41, 5.74) is 0.967. The van der Waals surface area contributed by atoms with Crippen molar-refractivity contribution in [1.29, 1.82) is 0 Å². The third-order valence-corrected chi connectivity index (χ3v) is 4.47. The third kappa shape index (κ3) is 9.62. The zero-order valence-electron chi connectivity index (χ0n) is 16.9. The topological polar surface area (TPSA) is 58.1 Å². The van der Waals surface area contributed by atoms with Crippen LogP contribution in [-0.2, 0) is 4.74 Å². The molecule has 2 N–H and O–H groups in total. The summed E-state index contributed by atoms with van der Waals surface area (Å²) in [6.07, 6.45) is 3.56. The van der Waals surface area contributed by atoms with Gasteiger partial charge in [0.25, 0.3) is 0 Å². The molecule has 1 aliphatic heterocycles. The number of methoxy groups -OCH3 is 1. The van der Waals surface area contributed by atoms with Crippen LogP contribution in [-0.4, -0.2) is 64.4 Å². The quantitative estimate of drug-likeness (QED) is 0.228. The molecule has 2 rings (SSSR count). The summed E-state index contributed by atoms with van der Waals surface area (Å²) >= 11 is 0. The molecule has 0 aliphatic carbocycles. The van der Waals surface area contributed by atoms with Crippen molar-refractivity contribution in [3.63, 3.8) is 0 Å². The molecule has 27 heavy (non-hydrogen) atoms. The third-order valence-electron chi connectivity index (χ3n) is 4.47. The molecular formula is C20H35IN4O2. The van der Waals surface area contributed by atoms with Crippen LogP contribution in [0.1, 0.15) is 26.2 Å². The van der Waals surface area contributed by atoms with Gasteiger partial charge >= 0.3 is 0 Å². The predicted octanol–water partition coefficient (Wildman–Crippen LogP) is 3.44. The van der Waals surface area contributed by atoms with Crippen LogP contribution in [0.15, 0.2) is 29.3 Å². The fourth-order valence-electron chi connectivity index (χ4n) is 3.11. The molecule has 1 atom stereocenters. The molecule has 0 saturated carbocycles. The highest BCUT2D eigenvalue weighted by Crippen LogP contribution is 2.17. The Morgan fingerprint density at radius 3 is 2.74 bits per heavy atom. The number of nitrogens with one attached hydrogen (secondary N) is 2. The number of hydrogen-bond acceptors (Lipinski definition) is 4. The number of guanidine groups is 1. The van der Waals surface area contributed by atoms with Gasteiger partial charge in [-0.1, -0.05) is 13.0 Å². The summed E-state index contributed by atoms with van der Waals surface area (Å²) in [5, 5.41) is 6.77. The second kappa shape index (κ2) is 14.0. The molecule has 0 spiro atoms. The summed E-state index contributed by atoms with van der Waals surface area (Å²) in [6, 6.07) is 7.96. The summed E-state index contributed by atoms with van der Waals surface area (Å²) < 4.78 is 10.8. The fraction of sp³-hybridized carbons (Fsp3) is 0.650. The van der Waals surface area contributed by atoms with Gasteiger partial charge in [-0.25, -0.2) is 0 Å². The average molecular weight is 490 g/mol. The molecule has 1 unspecified atom stereocenters. The van der Waals surface area contributed by atoms with Gasteiger partial charge < -0.3 is 25.0 Å². The molecule has 7 heteroatoms. The van der Waals surface area contributed by atoms with E-state index in [1.807, 2.05) is 24.3 Å². The van der Waals surface area contributed by atoms with Crippen LogP contribution in [0.4, 0.5) is 5.69 Å². The van der Waals surface area contributed by atoms with E-state index in [-0.39, 0.29) is 24.0 Å². The van der Waals surface area contributed by atoms with Gasteiger partial charge in [0.1, 0.15) is 5.75 Å². The van der Waals surface area contributed by atoms with Crippen molar-refractivity contribution in [2.24, 2.45) is 10.9 Å². The van der Waals surface area contributed by atoms with E-state index in [9.17, 15) is 0 Å². The Kier molecular flexibility index (Phi) is 12.4. The smallest absolute Gasteiger partial charge is 0.195 e. The van der Waals surface area contributed by atoms with Crippen molar-refractivity contribution in [3.05, 3.63) is 24.3 Å². The summed E-state index contributed by atoms with van der Waals surface area (Å²) in [6.45, 7) is 8.19. The van der Waals surface area contributed by atoms with Crippen LogP contribution in [0, 0.1) is 5.92 Å². The highest BCUT2D eigenvalue weighted by Gasteiger charge is 2.14. The Balaban J connectivity index is 0.00000364. The van der Waals surface area contributed by atoms with Crippen molar-refractivity contribution < 1.29 is 9.47 Å². The number of rotatable bonds is 10. The number of halogens is 1. The molecule has 1 aliphatic rings. The Morgan fingerprint density at radius 2 is 2.04 bits per heavy atom. The molecule has 1 aromatic carbocycles. The maximum Gasteiger partial charge on any atom is 0.195 e. The summed E-state index contributed by atoms with van der Waals surface area (Å²) in [5.74, 6) is 2.22. The lowest BCUT2D eigenvalue weighted by molar-refractivity contribution is 0.172. The van der Waals surface area contributed by atoms with Crippen LogP contribution in [0.3, 0.4) is 0 Å². The van der Waals surface area contributed by atoms with Crippen molar-refractivity contribution in [1.82, 2.24) is 10.2 Å².